The number of aryl methyl sites for hydroxylation is 1. The number of hydrogen-bond donors (Lipinski definition) is 1. The van der Waals surface area contributed by atoms with E-state index in [2.05, 4.69) is 10.3 Å². The van der Waals surface area contributed by atoms with Crippen molar-refractivity contribution in [3.63, 3.8) is 0 Å². The molecular formula is C18H14N4O2. The zero-order chi connectivity index (χ0) is 17.1. The largest absolute Gasteiger partial charge is 0.348 e. The molecule has 2 aromatic heterocycles. The summed E-state index contributed by atoms with van der Waals surface area (Å²) >= 11 is 0. The molecule has 0 aliphatic carbocycles. The summed E-state index contributed by atoms with van der Waals surface area (Å²) < 4.78 is 1.36. The molecule has 24 heavy (non-hydrogen) atoms. The molecule has 0 bridgehead atoms. The lowest BCUT2D eigenvalue weighted by Gasteiger charge is -2.07. The molecule has 1 amide bonds. The van der Waals surface area contributed by atoms with Crippen LogP contribution in [0.4, 0.5) is 0 Å². The van der Waals surface area contributed by atoms with Gasteiger partial charge in [0.25, 0.3) is 11.5 Å². The van der Waals surface area contributed by atoms with Crippen LogP contribution < -0.4 is 10.9 Å². The van der Waals surface area contributed by atoms with Crippen LogP contribution in [0.2, 0.25) is 0 Å². The maximum absolute atomic E-state index is 12.5. The lowest BCUT2D eigenvalue weighted by molar-refractivity contribution is 0.0949. The quantitative estimate of drug-likeness (QED) is 0.798. The van der Waals surface area contributed by atoms with Gasteiger partial charge in [-0.3, -0.25) is 14.0 Å². The Morgan fingerprint density at radius 2 is 2.17 bits per heavy atom. The summed E-state index contributed by atoms with van der Waals surface area (Å²) in [5.74, 6) is -0.495. The van der Waals surface area contributed by atoms with Crippen LogP contribution in [0.5, 0.6) is 0 Å². The van der Waals surface area contributed by atoms with E-state index >= 15 is 0 Å². The van der Waals surface area contributed by atoms with E-state index in [-0.39, 0.29) is 12.1 Å². The molecule has 0 spiro atoms. The third-order valence-electron chi connectivity index (χ3n) is 3.60. The zero-order valence-corrected chi connectivity index (χ0v) is 13.0. The fraction of sp³-hybridized carbons (Fsp3) is 0.111. The summed E-state index contributed by atoms with van der Waals surface area (Å²) in [5, 5.41) is 11.6. The maximum atomic E-state index is 12.5. The van der Waals surface area contributed by atoms with Crippen molar-refractivity contribution in [3.8, 4) is 6.07 Å². The normalized spacial score (nSPS) is 10.3. The van der Waals surface area contributed by atoms with E-state index < -0.39 is 11.5 Å². The van der Waals surface area contributed by atoms with Gasteiger partial charge in [0.15, 0.2) is 0 Å². The average Bonchev–Trinajstić information content (AvgIpc) is 2.60. The monoisotopic (exact) mass is 318 g/mol. The summed E-state index contributed by atoms with van der Waals surface area (Å²) in [6, 6.07) is 12.5. The Balaban J connectivity index is 1.85. The predicted molar refractivity (Wildman–Crippen MR) is 88.5 cm³/mol. The number of rotatable bonds is 3. The lowest BCUT2D eigenvalue weighted by atomic mass is 10.1. The second-order valence-corrected chi connectivity index (χ2v) is 5.41. The van der Waals surface area contributed by atoms with Crippen LogP contribution in [0.1, 0.15) is 27.0 Å². The Labute approximate surface area is 138 Å². The molecule has 0 fully saturated rings. The highest BCUT2D eigenvalue weighted by atomic mass is 16.2. The highest BCUT2D eigenvalue weighted by Crippen LogP contribution is 2.05. The van der Waals surface area contributed by atoms with E-state index in [1.54, 1.807) is 36.5 Å². The lowest BCUT2D eigenvalue weighted by Crippen LogP contribution is -2.31. The molecule has 1 aromatic carbocycles. The molecule has 6 heteroatoms. The van der Waals surface area contributed by atoms with Crippen LogP contribution in [0, 0.1) is 18.3 Å². The fourth-order valence-corrected chi connectivity index (χ4v) is 2.37. The number of nitrogens with zero attached hydrogens (tertiary/aromatic N) is 3. The zero-order valence-electron chi connectivity index (χ0n) is 13.0. The number of fused-ring (bicyclic) bond motifs is 1. The van der Waals surface area contributed by atoms with Gasteiger partial charge in [0.05, 0.1) is 11.6 Å². The molecule has 0 saturated heterocycles. The van der Waals surface area contributed by atoms with Gasteiger partial charge in [0.1, 0.15) is 11.2 Å². The Hall–Kier alpha value is -3.46. The van der Waals surface area contributed by atoms with Crippen molar-refractivity contribution in [2.75, 3.05) is 0 Å². The first-order valence-corrected chi connectivity index (χ1v) is 7.34. The van der Waals surface area contributed by atoms with E-state index in [0.717, 1.165) is 11.1 Å². The first-order valence-electron chi connectivity index (χ1n) is 7.34. The fourth-order valence-electron chi connectivity index (χ4n) is 2.37. The highest BCUT2D eigenvalue weighted by molar-refractivity contribution is 5.93. The Morgan fingerprint density at radius 3 is 2.96 bits per heavy atom. The van der Waals surface area contributed by atoms with Gasteiger partial charge in [-0.2, -0.15) is 5.26 Å². The molecule has 3 aromatic rings. The van der Waals surface area contributed by atoms with Crippen LogP contribution in [0.3, 0.4) is 0 Å². The number of benzene rings is 1. The van der Waals surface area contributed by atoms with Gasteiger partial charge >= 0.3 is 0 Å². The van der Waals surface area contributed by atoms with E-state index in [4.69, 9.17) is 5.26 Å². The standard InChI is InChI=1S/C18H14N4O2/c1-12-5-6-16-20-10-15(18(24)22(16)11-12)17(23)21-9-14-4-2-3-13(7-14)8-19/h2-7,10-11H,9H2,1H3,(H,21,23). The molecule has 0 unspecified atom stereocenters. The predicted octanol–water partition coefficient (Wildman–Crippen LogP) is 1.80. The second-order valence-electron chi connectivity index (χ2n) is 5.41. The van der Waals surface area contributed by atoms with E-state index in [1.165, 1.54) is 10.6 Å². The minimum Gasteiger partial charge on any atom is -0.348 e. The van der Waals surface area contributed by atoms with Crippen molar-refractivity contribution in [2.24, 2.45) is 0 Å². The molecule has 0 atom stereocenters. The van der Waals surface area contributed by atoms with Crippen LogP contribution in [0.15, 0.2) is 53.6 Å². The Morgan fingerprint density at radius 1 is 1.33 bits per heavy atom. The first kappa shape index (κ1) is 15.4. The van der Waals surface area contributed by atoms with Gasteiger partial charge in [0.2, 0.25) is 0 Å². The van der Waals surface area contributed by atoms with Gasteiger partial charge < -0.3 is 5.32 Å². The van der Waals surface area contributed by atoms with Crippen molar-refractivity contribution in [3.05, 3.63) is 81.4 Å². The number of amides is 1. The van der Waals surface area contributed by atoms with Crippen LogP contribution in [-0.4, -0.2) is 15.3 Å². The first-order chi connectivity index (χ1) is 11.6. The topological polar surface area (TPSA) is 87.3 Å². The smallest absolute Gasteiger partial charge is 0.270 e. The van der Waals surface area contributed by atoms with Crippen LogP contribution >= 0.6 is 0 Å². The van der Waals surface area contributed by atoms with Crippen molar-refractivity contribution in [1.82, 2.24) is 14.7 Å². The van der Waals surface area contributed by atoms with Gasteiger partial charge in [0, 0.05) is 18.9 Å². The minimum atomic E-state index is -0.495. The number of carbonyl (C=O) groups excluding carboxylic acids is 1. The molecule has 1 N–H and O–H groups in total. The molecule has 118 valence electrons. The molecule has 3 rings (SSSR count). The van der Waals surface area contributed by atoms with E-state index in [9.17, 15) is 9.59 Å². The molecule has 0 radical (unpaired) electrons. The summed E-state index contributed by atoms with van der Waals surface area (Å²) in [4.78, 5) is 28.9. The van der Waals surface area contributed by atoms with Gasteiger partial charge in [-0.15, -0.1) is 0 Å². The Kier molecular flexibility index (Phi) is 4.08. The Bertz CT molecular complexity index is 1030. The number of nitrogens with one attached hydrogen (secondary N) is 1. The van der Waals surface area contributed by atoms with Crippen LogP contribution in [-0.2, 0) is 6.54 Å². The van der Waals surface area contributed by atoms with Crippen molar-refractivity contribution in [1.29, 1.82) is 5.26 Å². The number of pyridine rings is 1. The van der Waals surface area contributed by atoms with Crippen molar-refractivity contribution in [2.45, 2.75) is 13.5 Å². The summed E-state index contributed by atoms with van der Waals surface area (Å²) in [5.41, 5.74) is 2.26. The van der Waals surface area contributed by atoms with E-state index in [1.807, 2.05) is 19.1 Å². The SMILES string of the molecule is Cc1ccc2ncc(C(=O)NCc3cccc(C#N)c3)c(=O)n2c1. The maximum Gasteiger partial charge on any atom is 0.270 e. The second kappa shape index (κ2) is 6.34. The molecule has 0 aliphatic rings. The van der Waals surface area contributed by atoms with Crippen molar-refractivity contribution < 1.29 is 4.79 Å². The third kappa shape index (κ3) is 3.01. The average molecular weight is 318 g/mol. The molecule has 0 saturated carbocycles. The van der Waals surface area contributed by atoms with Gasteiger partial charge in [-0.25, -0.2) is 4.98 Å². The molecule has 2 heterocycles. The highest BCUT2D eigenvalue weighted by Gasteiger charge is 2.13. The van der Waals surface area contributed by atoms with Gasteiger partial charge in [-0.1, -0.05) is 18.2 Å². The number of aromatic nitrogens is 2. The molecular weight excluding hydrogens is 304 g/mol. The number of hydrogen-bond acceptors (Lipinski definition) is 4. The summed E-state index contributed by atoms with van der Waals surface area (Å²) in [6.07, 6.45) is 2.94. The number of carbonyl (C=O) groups is 1. The minimum absolute atomic E-state index is 0.0189. The molecule has 6 nitrogen and oxygen atoms in total. The summed E-state index contributed by atoms with van der Waals surface area (Å²) in [7, 11) is 0. The summed E-state index contributed by atoms with van der Waals surface area (Å²) in [6.45, 7) is 2.09. The van der Waals surface area contributed by atoms with Crippen molar-refractivity contribution >= 4 is 11.6 Å². The number of nitriles is 1. The van der Waals surface area contributed by atoms with Gasteiger partial charge in [-0.05, 0) is 36.2 Å². The molecule has 0 aliphatic heterocycles. The van der Waals surface area contributed by atoms with E-state index in [0.29, 0.717) is 11.2 Å². The third-order valence-corrected chi connectivity index (χ3v) is 3.60. The van der Waals surface area contributed by atoms with Crippen LogP contribution in [0.25, 0.3) is 5.65 Å².